The minimum atomic E-state index is -0.958. The SMILES string of the molecule is CC1(C)CCc2c(ccc(N)c2N)N1C(=O)O. The van der Waals surface area contributed by atoms with Crippen molar-refractivity contribution in [3.63, 3.8) is 0 Å². The van der Waals surface area contributed by atoms with E-state index in [1.54, 1.807) is 12.1 Å². The van der Waals surface area contributed by atoms with Gasteiger partial charge in [-0.1, -0.05) is 0 Å². The van der Waals surface area contributed by atoms with Crippen molar-refractivity contribution in [1.29, 1.82) is 0 Å². The highest BCUT2D eigenvalue weighted by atomic mass is 16.4. The predicted molar refractivity (Wildman–Crippen MR) is 68.2 cm³/mol. The molecular formula is C12H17N3O2. The van der Waals surface area contributed by atoms with Gasteiger partial charge in [0.05, 0.1) is 17.1 Å². The van der Waals surface area contributed by atoms with Gasteiger partial charge in [-0.15, -0.1) is 0 Å². The molecule has 1 aliphatic rings. The van der Waals surface area contributed by atoms with Crippen LogP contribution in [0.4, 0.5) is 21.9 Å². The Bertz CT molecular complexity index is 483. The summed E-state index contributed by atoms with van der Waals surface area (Å²) in [6.45, 7) is 3.83. The number of hydrogen-bond acceptors (Lipinski definition) is 3. The standard InChI is InChI=1S/C12H17N3O2/c1-12(2)6-5-7-9(15(12)11(16)17)4-3-8(13)10(7)14/h3-4H,5-6,13-14H2,1-2H3,(H,16,17). The summed E-state index contributed by atoms with van der Waals surface area (Å²) in [5, 5.41) is 9.33. The Labute approximate surface area is 100 Å². The highest BCUT2D eigenvalue weighted by Gasteiger charge is 2.37. The summed E-state index contributed by atoms with van der Waals surface area (Å²) in [7, 11) is 0. The maximum absolute atomic E-state index is 11.4. The van der Waals surface area contributed by atoms with E-state index in [2.05, 4.69) is 0 Å². The van der Waals surface area contributed by atoms with Crippen LogP contribution in [0.1, 0.15) is 25.8 Å². The Morgan fingerprint density at radius 2 is 2.06 bits per heavy atom. The quantitative estimate of drug-likeness (QED) is 0.600. The maximum atomic E-state index is 11.4. The molecule has 0 fully saturated rings. The Balaban J connectivity index is 2.62. The zero-order valence-electron chi connectivity index (χ0n) is 10.0. The molecule has 0 atom stereocenters. The fourth-order valence-electron chi connectivity index (χ4n) is 2.37. The summed E-state index contributed by atoms with van der Waals surface area (Å²) >= 11 is 0. The molecule has 5 N–H and O–H groups in total. The summed E-state index contributed by atoms with van der Waals surface area (Å²) in [4.78, 5) is 12.8. The molecule has 5 heteroatoms. The Morgan fingerprint density at radius 1 is 1.41 bits per heavy atom. The minimum absolute atomic E-state index is 0.415. The molecule has 1 aromatic rings. The number of carboxylic acid groups (broad SMARTS) is 1. The number of nitrogen functional groups attached to an aromatic ring is 2. The topological polar surface area (TPSA) is 92.6 Å². The average Bonchev–Trinajstić information content (AvgIpc) is 2.21. The first kappa shape index (κ1) is 11.6. The number of hydrogen-bond donors (Lipinski definition) is 3. The number of anilines is 3. The zero-order chi connectivity index (χ0) is 12.8. The molecule has 0 unspecified atom stereocenters. The van der Waals surface area contributed by atoms with E-state index in [1.807, 2.05) is 13.8 Å². The van der Waals surface area contributed by atoms with Crippen LogP contribution >= 0.6 is 0 Å². The number of nitrogens with zero attached hydrogens (tertiary/aromatic N) is 1. The molecule has 1 heterocycles. The molecule has 92 valence electrons. The summed E-state index contributed by atoms with van der Waals surface area (Å²) in [5.41, 5.74) is 13.7. The second kappa shape index (κ2) is 3.55. The predicted octanol–water partition coefficient (Wildman–Crippen LogP) is 2.06. The van der Waals surface area contributed by atoms with Crippen molar-refractivity contribution >= 4 is 23.2 Å². The molecule has 0 radical (unpaired) electrons. The maximum Gasteiger partial charge on any atom is 0.412 e. The van der Waals surface area contributed by atoms with Crippen LogP contribution in [0.25, 0.3) is 0 Å². The molecule has 5 nitrogen and oxygen atoms in total. The van der Waals surface area contributed by atoms with Crippen LogP contribution in [-0.2, 0) is 6.42 Å². The van der Waals surface area contributed by atoms with Gasteiger partial charge in [-0.2, -0.15) is 0 Å². The lowest BCUT2D eigenvalue weighted by molar-refractivity contribution is 0.192. The van der Waals surface area contributed by atoms with Gasteiger partial charge in [0.1, 0.15) is 0 Å². The van der Waals surface area contributed by atoms with E-state index in [-0.39, 0.29) is 0 Å². The highest BCUT2D eigenvalue weighted by molar-refractivity contribution is 5.92. The molecule has 0 saturated heterocycles. The van der Waals surface area contributed by atoms with E-state index in [1.165, 1.54) is 4.90 Å². The van der Waals surface area contributed by atoms with Gasteiger partial charge in [-0.25, -0.2) is 4.79 Å². The number of rotatable bonds is 0. The van der Waals surface area contributed by atoms with Crippen LogP contribution in [0.5, 0.6) is 0 Å². The molecule has 0 aromatic heterocycles. The number of nitrogens with two attached hydrogens (primary N) is 2. The van der Waals surface area contributed by atoms with Gasteiger partial charge < -0.3 is 16.6 Å². The van der Waals surface area contributed by atoms with Crippen molar-refractivity contribution in [2.45, 2.75) is 32.2 Å². The van der Waals surface area contributed by atoms with Crippen molar-refractivity contribution in [1.82, 2.24) is 0 Å². The third-order valence-corrected chi connectivity index (χ3v) is 3.39. The lowest BCUT2D eigenvalue weighted by Gasteiger charge is -2.42. The van der Waals surface area contributed by atoms with Crippen molar-refractivity contribution in [2.24, 2.45) is 0 Å². The third-order valence-electron chi connectivity index (χ3n) is 3.39. The van der Waals surface area contributed by atoms with Gasteiger partial charge in [0.15, 0.2) is 0 Å². The van der Waals surface area contributed by atoms with Crippen LogP contribution in [0.3, 0.4) is 0 Å². The molecule has 1 amide bonds. The van der Waals surface area contributed by atoms with Crippen LogP contribution in [0, 0.1) is 0 Å². The highest BCUT2D eigenvalue weighted by Crippen LogP contribution is 2.41. The summed E-state index contributed by atoms with van der Waals surface area (Å²) in [5.74, 6) is 0. The van der Waals surface area contributed by atoms with Crippen LogP contribution in [-0.4, -0.2) is 16.7 Å². The first-order valence-electron chi connectivity index (χ1n) is 5.54. The van der Waals surface area contributed by atoms with E-state index in [0.29, 0.717) is 17.1 Å². The molecular weight excluding hydrogens is 218 g/mol. The lowest BCUT2D eigenvalue weighted by Crippen LogP contribution is -2.50. The average molecular weight is 235 g/mol. The lowest BCUT2D eigenvalue weighted by atomic mass is 9.86. The van der Waals surface area contributed by atoms with Crippen molar-refractivity contribution in [2.75, 3.05) is 16.4 Å². The molecule has 0 spiro atoms. The first-order chi connectivity index (χ1) is 7.84. The van der Waals surface area contributed by atoms with Gasteiger partial charge in [0, 0.05) is 11.1 Å². The molecule has 2 rings (SSSR count). The van der Waals surface area contributed by atoms with Gasteiger partial charge in [-0.05, 0) is 38.8 Å². The second-order valence-corrected chi connectivity index (χ2v) is 5.00. The molecule has 1 aromatic carbocycles. The van der Waals surface area contributed by atoms with Crippen LogP contribution in [0.15, 0.2) is 12.1 Å². The minimum Gasteiger partial charge on any atom is -0.465 e. The third kappa shape index (κ3) is 1.67. The summed E-state index contributed by atoms with van der Waals surface area (Å²) in [6.07, 6.45) is 0.531. The fraction of sp³-hybridized carbons (Fsp3) is 0.417. The number of benzene rings is 1. The van der Waals surface area contributed by atoms with Gasteiger partial charge in [-0.3, -0.25) is 4.90 Å². The van der Waals surface area contributed by atoms with Crippen molar-refractivity contribution < 1.29 is 9.90 Å². The number of fused-ring (bicyclic) bond motifs is 1. The number of carbonyl (C=O) groups is 1. The van der Waals surface area contributed by atoms with E-state index < -0.39 is 11.6 Å². The number of amides is 1. The van der Waals surface area contributed by atoms with E-state index in [9.17, 15) is 9.90 Å². The molecule has 1 aliphatic heterocycles. The van der Waals surface area contributed by atoms with Gasteiger partial charge in [0.2, 0.25) is 0 Å². The Morgan fingerprint density at radius 3 is 2.65 bits per heavy atom. The molecule has 0 aliphatic carbocycles. The fourth-order valence-corrected chi connectivity index (χ4v) is 2.37. The molecule has 0 saturated carbocycles. The van der Waals surface area contributed by atoms with E-state index >= 15 is 0 Å². The van der Waals surface area contributed by atoms with Crippen molar-refractivity contribution in [3.05, 3.63) is 17.7 Å². The zero-order valence-corrected chi connectivity index (χ0v) is 10.0. The smallest absolute Gasteiger partial charge is 0.412 e. The normalized spacial score (nSPS) is 17.6. The Kier molecular flexibility index (Phi) is 2.41. The molecule has 17 heavy (non-hydrogen) atoms. The van der Waals surface area contributed by atoms with E-state index in [0.717, 1.165) is 18.4 Å². The Hall–Kier alpha value is -1.91. The summed E-state index contributed by atoms with van der Waals surface area (Å²) < 4.78 is 0. The monoisotopic (exact) mass is 235 g/mol. The van der Waals surface area contributed by atoms with Crippen LogP contribution in [0.2, 0.25) is 0 Å². The van der Waals surface area contributed by atoms with Crippen molar-refractivity contribution in [3.8, 4) is 0 Å². The van der Waals surface area contributed by atoms with Gasteiger partial charge >= 0.3 is 6.09 Å². The summed E-state index contributed by atoms with van der Waals surface area (Å²) in [6, 6.07) is 3.39. The second-order valence-electron chi connectivity index (χ2n) is 5.00. The first-order valence-corrected chi connectivity index (χ1v) is 5.54. The molecule has 0 bridgehead atoms. The largest absolute Gasteiger partial charge is 0.465 e. The van der Waals surface area contributed by atoms with Crippen LogP contribution < -0.4 is 16.4 Å². The van der Waals surface area contributed by atoms with E-state index in [4.69, 9.17) is 11.5 Å². The van der Waals surface area contributed by atoms with Gasteiger partial charge in [0.25, 0.3) is 0 Å².